The number of nitrogens with zero attached hydrogens (tertiary/aromatic N) is 4. The standard InChI is InChI=1S/C7H7N7S/c8-7(15)14-13-1-4-5-6(11-2-9-4)12-3-10-5/h1-3H,(H3,8,14,15)(H,9,10,11,12)/b13-1-. The minimum atomic E-state index is 0.0983. The van der Waals surface area contributed by atoms with Crippen molar-refractivity contribution in [2.75, 3.05) is 0 Å². The lowest BCUT2D eigenvalue weighted by Crippen LogP contribution is -2.24. The molecule has 0 radical (unpaired) electrons. The first-order valence-corrected chi connectivity index (χ1v) is 4.41. The smallest absolute Gasteiger partial charge is 0.184 e. The molecule has 0 unspecified atom stereocenters. The molecule has 0 bridgehead atoms. The maximum atomic E-state index is 5.20. The van der Waals surface area contributed by atoms with Crippen molar-refractivity contribution in [3.63, 3.8) is 0 Å². The Labute approximate surface area is 89.8 Å². The van der Waals surface area contributed by atoms with Crippen molar-refractivity contribution in [2.45, 2.75) is 0 Å². The average molecular weight is 221 g/mol. The van der Waals surface area contributed by atoms with Gasteiger partial charge in [-0.3, -0.25) is 5.43 Å². The summed E-state index contributed by atoms with van der Waals surface area (Å²) in [5, 5.41) is 3.89. The van der Waals surface area contributed by atoms with Gasteiger partial charge in [0.25, 0.3) is 0 Å². The van der Waals surface area contributed by atoms with Crippen molar-refractivity contribution < 1.29 is 0 Å². The third kappa shape index (κ3) is 2.05. The van der Waals surface area contributed by atoms with Gasteiger partial charge in [-0.05, 0) is 12.2 Å². The zero-order chi connectivity index (χ0) is 10.7. The lowest BCUT2D eigenvalue weighted by Gasteiger charge is -1.95. The maximum Gasteiger partial charge on any atom is 0.184 e. The van der Waals surface area contributed by atoms with Crippen LogP contribution in [0.4, 0.5) is 0 Å². The molecule has 7 nitrogen and oxygen atoms in total. The molecule has 0 spiro atoms. The van der Waals surface area contributed by atoms with E-state index in [-0.39, 0.29) is 5.11 Å². The van der Waals surface area contributed by atoms with Crippen LogP contribution in [0.2, 0.25) is 0 Å². The number of aromatic amines is 1. The van der Waals surface area contributed by atoms with Gasteiger partial charge in [-0.15, -0.1) is 0 Å². The minimum Gasteiger partial charge on any atom is -0.375 e. The van der Waals surface area contributed by atoms with E-state index in [1.54, 1.807) is 0 Å². The van der Waals surface area contributed by atoms with Crippen LogP contribution in [0, 0.1) is 0 Å². The van der Waals surface area contributed by atoms with E-state index in [2.05, 4.69) is 42.7 Å². The minimum absolute atomic E-state index is 0.0983. The number of fused-ring (bicyclic) bond motifs is 1. The van der Waals surface area contributed by atoms with Crippen molar-refractivity contribution in [1.82, 2.24) is 25.4 Å². The van der Waals surface area contributed by atoms with Gasteiger partial charge in [-0.2, -0.15) is 5.10 Å². The van der Waals surface area contributed by atoms with Crippen LogP contribution in [-0.2, 0) is 0 Å². The van der Waals surface area contributed by atoms with E-state index in [1.165, 1.54) is 18.9 Å². The summed E-state index contributed by atoms with van der Waals surface area (Å²) in [5.41, 5.74) is 9.55. The van der Waals surface area contributed by atoms with Crippen LogP contribution < -0.4 is 11.2 Å². The van der Waals surface area contributed by atoms with Crippen LogP contribution in [0.5, 0.6) is 0 Å². The van der Waals surface area contributed by atoms with Gasteiger partial charge in [0, 0.05) is 0 Å². The fourth-order valence-corrected chi connectivity index (χ4v) is 1.09. The van der Waals surface area contributed by atoms with Crippen molar-refractivity contribution in [3.8, 4) is 0 Å². The van der Waals surface area contributed by atoms with E-state index in [0.29, 0.717) is 16.9 Å². The van der Waals surface area contributed by atoms with E-state index in [4.69, 9.17) is 5.73 Å². The van der Waals surface area contributed by atoms with Crippen molar-refractivity contribution in [1.29, 1.82) is 0 Å². The van der Waals surface area contributed by atoms with Crippen LogP contribution in [0.3, 0.4) is 0 Å². The summed E-state index contributed by atoms with van der Waals surface area (Å²) < 4.78 is 0. The summed E-state index contributed by atoms with van der Waals surface area (Å²) in [6.45, 7) is 0. The quantitative estimate of drug-likeness (QED) is 0.359. The molecule has 0 atom stereocenters. The Morgan fingerprint density at radius 3 is 3.20 bits per heavy atom. The van der Waals surface area contributed by atoms with Gasteiger partial charge >= 0.3 is 0 Å². The van der Waals surface area contributed by atoms with Crippen LogP contribution in [0.1, 0.15) is 5.69 Å². The van der Waals surface area contributed by atoms with Crippen LogP contribution in [-0.4, -0.2) is 31.3 Å². The van der Waals surface area contributed by atoms with E-state index < -0.39 is 0 Å². The highest BCUT2D eigenvalue weighted by molar-refractivity contribution is 7.80. The second-order valence-electron chi connectivity index (χ2n) is 2.59. The molecule has 0 aromatic carbocycles. The number of aromatic nitrogens is 4. The van der Waals surface area contributed by atoms with E-state index >= 15 is 0 Å². The van der Waals surface area contributed by atoms with Crippen LogP contribution in [0.25, 0.3) is 11.2 Å². The Morgan fingerprint density at radius 2 is 2.40 bits per heavy atom. The highest BCUT2D eigenvalue weighted by Gasteiger charge is 2.02. The molecule has 0 aliphatic heterocycles. The number of hydrazone groups is 1. The molecule has 8 heteroatoms. The number of hydrogen-bond acceptors (Lipinski definition) is 5. The summed E-state index contributed by atoms with van der Waals surface area (Å²) in [6, 6.07) is 0. The molecular formula is C7H7N7S. The van der Waals surface area contributed by atoms with Gasteiger partial charge in [0.05, 0.1) is 12.5 Å². The van der Waals surface area contributed by atoms with Gasteiger partial charge in [-0.1, -0.05) is 0 Å². The number of nitrogens with two attached hydrogens (primary N) is 1. The fourth-order valence-electron chi connectivity index (χ4n) is 1.04. The van der Waals surface area contributed by atoms with Crippen molar-refractivity contribution in [2.24, 2.45) is 10.8 Å². The molecule has 15 heavy (non-hydrogen) atoms. The lowest BCUT2D eigenvalue weighted by atomic mass is 10.4. The van der Waals surface area contributed by atoms with Crippen LogP contribution in [0.15, 0.2) is 17.8 Å². The Kier molecular flexibility index (Phi) is 2.50. The number of imidazole rings is 1. The molecule has 2 aromatic rings. The summed E-state index contributed by atoms with van der Waals surface area (Å²) in [4.78, 5) is 14.9. The molecule has 2 heterocycles. The molecule has 76 valence electrons. The predicted molar refractivity (Wildman–Crippen MR) is 59.2 cm³/mol. The van der Waals surface area contributed by atoms with Gasteiger partial charge in [0.2, 0.25) is 0 Å². The topological polar surface area (TPSA) is 105 Å². The first-order chi connectivity index (χ1) is 7.27. The van der Waals surface area contributed by atoms with E-state index in [0.717, 1.165) is 0 Å². The molecular weight excluding hydrogens is 214 g/mol. The second kappa shape index (κ2) is 3.96. The number of nitrogens with one attached hydrogen (secondary N) is 2. The molecule has 0 saturated heterocycles. The molecule has 0 aliphatic rings. The molecule has 2 rings (SSSR count). The third-order valence-electron chi connectivity index (χ3n) is 1.61. The monoisotopic (exact) mass is 221 g/mol. The van der Waals surface area contributed by atoms with Gasteiger partial charge in [-0.25, -0.2) is 15.0 Å². The number of thiocarbonyl (C=S) groups is 1. The number of hydrogen-bond donors (Lipinski definition) is 3. The maximum absolute atomic E-state index is 5.20. The second-order valence-corrected chi connectivity index (χ2v) is 3.03. The van der Waals surface area contributed by atoms with Gasteiger partial charge in [0.1, 0.15) is 17.5 Å². The Hall–Kier alpha value is -2.09. The van der Waals surface area contributed by atoms with Gasteiger partial charge in [0.15, 0.2) is 10.8 Å². The summed E-state index contributed by atoms with van der Waals surface area (Å²) in [5.74, 6) is 0. The zero-order valence-electron chi connectivity index (χ0n) is 7.51. The zero-order valence-corrected chi connectivity index (χ0v) is 8.32. The molecule has 4 N–H and O–H groups in total. The lowest BCUT2D eigenvalue weighted by molar-refractivity contribution is 1.04. The first kappa shape index (κ1) is 9.46. The largest absolute Gasteiger partial charge is 0.375 e. The summed E-state index contributed by atoms with van der Waals surface area (Å²) >= 11 is 4.59. The fraction of sp³-hybridized carbons (Fsp3) is 0. The SMILES string of the molecule is NC(=S)N/N=C\c1ncnc2nc[nH]c12. The number of rotatable bonds is 2. The van der Waals surface area contributed by atoms with Crippen molar-refractivity contribution in [3.05, 3.63) is 18.3 Å². The Morgan fingerprint density at radius 1 is 1.53 bits per heavy atom. The Balaban J connectivity index is 2.31. The van der Waals surface area contributed by atoms with E-state index in [9.17, 15) is 0 Å². The Bertz CT molecular complexity index is 517. The highest BCUT2D eigenvalue weighted by atomic mass is 32.1. The van der Waals surface area contributed by atoms with Gasteiger partial charge < -0.3 is 10.7 Å². The first-order valence-electron chi connectivity index (χ1n) is 4.00. The highest BCUT2D eigenvalue weighted by Crippen LogP contribution is 2.06. The predicted octanol–water partition coefficient (Wildman–Crippen LogP) is -0.480. The molecule has 2 aromatic heterocycles. The molecule has 0 amide bonds. The average Bonchev–Trinajstić information content (AvgIpc) is 2.65. The third-order valence-corrected chi connectivity index (χ3v) is 1.71. The van der Waals surface area contributed by atoms with Crippen LogP contribution >= 0.6 is 12.2 Å². The molecule has 0 aliphatic carbocycles. The molecule has 0 fully saturated rings. The summed E-state index contributed by atoms with van der Waals surface area (Å²) in [6.07, 6.45) is 4.43. The van der Waals surface area contributed by atoms with Crippen molar-refractivity contribution >= 4 is 34.7 Å². The normalized spacial score (nSPS) is 10.9. The molecule has 0 saturated carbocycles. The summed E-state index contributed by atoms with van der Waals surface area (Å²) in [7, 11) is 0. The number of H-pyrrole nitrogens is 1. The van der Waals surface area contributed by atoms with E-state index in [1.807, 2.05) is 0 Å².